The van der Waals surface area contributed by atoms with Gasteiger partial charge in [-0.15, -0.1) is 0 Å². The van der Waals surface area contributed by atoms with Crippen molar-refractivity contribution in [2.45, 2.75) is 25.8 Å². The molecular weight excluding hydrogens is 469 g/mol. The number of hydrogen-bond donors (Lipinski definition) is 4. The third-order valence-corrected chi connectivity index (χ3v) is 5.56. The smallest absolute Gasteiger partial charge is 0.236 e. The Bertz CT molecular complexity index is 1450. The summed E-state index contributed by atoms with van der Waals surface area (Å²) in [6.45, 7) is 2.35. The number of hydrogen-bond acceptors (Lipinski definition) is 7. The van der Waals surface area contributed by atoms with Crippen LogP contribution in [-0.2, 0) is 4.79 Å². The highest BCUT2D eigenvalue weighted by molar-refractivity contribution is 5.83. The Morgan fingerprint density at radius 3 is 2.76 bits per heavy atom. The van der Waals surface area contributed by atoms with Gasteiger partial charge in [0.05, 0.1) is 23.3 Å². The third-order valence-electron chi connectivity index (χ3n) is 5.56. The molecule has 8 nitrogen and oxygen atoms in total. The van der Waals surface area contributed by atoms with Gasteiger partial charge in [-0.05, 0) is 62.9 Å². The van der Waals surface area contributed by atoms with Crippen LogP contribution >= 0.6 is 0 Å². The second-order valence-corrected chi connectivity index (χ2v) is 8.33. The average Bonchev–Trinajstić information content (AvgIpc) is 2.91. The number of nitrogens with one attached hydrogen (secondary N) is 4. The van der Waals surface area contributed by atoms with Crippen LogP contribution in [0.15, 0.2) is 67.0 Å². The van der Waals surface area contributed by atoms with Crippen LogP contribution in [0.25, 0.3) is 10.9 Å². The molecule has 0 unspecified atom stereocenters. The number of rotatable bonds is 9. The summed E-state index contributed by atoms with van der Waals surface area (Å²) in [6.07, 6.45) is 4.70. The van der Waals surface area contributed by atoms with Crippen molar-refractivity contribution in [3.8, 4) is 11.8 Å². The van der Waals surface area contributed by atoms with E-state index >= 15 is 0 Å². The molecule has 2 aromatic heterocycles. The Hall–Kier alpha value is -4.55. The number of carbonyl (C=O) groups excluding carboxylic acids is 1. The van der Waals surface area contributed by atoms with Gasteiger partial charge in [0.25, 0.3) is 0 Å². The monoisotopic (exact) mass is 497 g/mol. The van der Waals surface area contributed by atoms with E-state index in [0.29, 0.717) is 36.0 Å². The van der Waals surface area contributed by atoms with E-state index in [0.717, 1.165) is 23.0 Å². The lowest BCUT2D eigenvalue weighted by Crippen LogP contribution is -2.40. The fourth-order valence-electron chi connectivity index (χ4n) is 3.44. The van der Waals surface area contributed by atoms with Crippen LogP contribution in [0.1, 0.15) is 25.3 Å². The quantitative estimate of drug-likeness (QED) is 0.199. The standard InChI is InChI=1S/C28H28FN7O/c1-19(30-2)27(37)32-14-5-3-4-8-21-18-33-28(35-23-11-6-10-22(29)17-23)36-26(21)34-24-12-13-25-20(16-24)9-7-15-31-25/h6-7,9-13,15-19,30H,3,5,14H2,1-2H3,(H,32,37)(H2,33,34,35,36)/t19-/m0/s1. The number of fused-ring (bicyclic) bond motifs is 1. The van der Waals surface area contributed by atoms with Crippen molar-refractivity contribution in [1.29, 1.82) is 0 Å². The summed E-state index contributed by atoms with van der Waals surface area (Å²) in [5.41, 5.74) is 2.86. The Labute approximate surface area is 215 Å². The molecule has 1 atom stereocenters. The Kier molecular flexibility index (Phi) is 8.57. The molecule has 0 aliphatic rings. The lowest BCUT2D eigenvalue weighted by molar-refractivity contribution is -0.122. The third kappa shape index (κ3) is 7.22. The Balaban J connectivity index is 1.51. The van der Waals surface area contributed by atoms with Gasteiger partial charge in [0.15, 0.2) is 5.82 Å². The van der Waals surface area contributed by atoms with Crippen LogP contribution in [0.2, 0.25) is 0 Å². The summed E-state index contributed by atoms with van der Waals surface area (Å²) in [5, 5.41) is 13.1. The number of nitrogens with zero attached hydrogens (tertiary/aromatic N) is 3. The van der Waals surface area contributed by atoms with E-state index in [-0.39, 0.29) is 17.8 Å². The van der Waals surface area contributed by atoms with Crippen LogP contribution in [-0.4, -0.2) is 40.5 Å². The van der Waals surface area contributed by atoms with Crippen LogP contribution < -0.4 is 21.3 Å². The van der Waals surface area contributed by atoms with E-state index in [9.17, 15) is 9.18 Å². The second kappa shape index (κ2) is 12.4. The largest absolute Gasteiger partial charge is 0.355 e. The molecule has 4 aromatic rings. The van der Waals surface area contributed by atoms with Crippen LogP contribution in [0.3, 0.4) is 0 Å². The SMILES string of the molecule is CN[C@@H](C)C(=O)NCCCC#Cc1cnc(Nc2cccc(F)c2)nc1Nc1ccc2ncccc2c1. The number of carbonyl (C=O) groups is 1. The number of pyridine rings is 1. The van der Waals surface area contributed by atoms with Crippen molar-refractivity contribution in [3.05, 3.63) is 78.4 Å². The molecule has 0 bridgehead atoms. The number of aromatic nitrogens is 3. The van der Waals surface area contributed by atoms with Crippen molar-refractivity contribution < 1.29 is 9.18 Å². The highest BCUT2D eigenvalue weighted by Gasteiger charge is 2.09. The molecule has 4 rings (SSSR count). The molecule has 0 aliphatic carbocycles. The van der Waals surface area contributed by atoms with Crippen LogP contribution in [0.4, 0.5) is 27.5 Å². The molecule has 0 saturated carbocycles. The summed E-state index contributed by atoms with van der Waals surface area (Å²) in [6, 6.07) is 15.6. The zero-order valence-electron chi connectivity index (χ0n) is 20.7. The summed E-state index contributed by atoms with van der Waals surface area (Å²) in [5.74, 6) is 6.69. The van der Waals surface area contributed by atoms with Crippen LogP contribution in [0, 0.1) is 17.7 Å². The van der Waals surface area contributed by atoms with Gasteiger partial charge in [-0.1, -0.05) is 24.0 Å². The summed E-state index contributed by atoms with van der Waals surface area (Å²) in [4.78, 5) is 25.2. The first-order valence-corrected chi connectivity index (χ1v) is 12.0. The maximum Gasteiger partial charge on any atom is 0.236 e. The molecule has 0 radical (unpaired) electrons. The molecule has 0 saturated heterocycles. The number of amides is 1. The Morgan fingerprint density at radius 1 is 1.05 bits per heavy atom. The molecule has 2 heterocycles. The summed E-state index contributed by atoms with van der Waals surface area (Å²) in [7, 11) is 1.75. The number of halogens is 1. The molecule has 37 heavy (non-hydrogen) atoms. The fourth-order valence-corrected chi connectivity index (χ4v) is 3.44. The van der Waals surface area contributed by atoms with Crippen molar-refractivity contribution in [2.24, 2.45) is 0 Å². The lowest BCUT2D eigenvalue weighted by Gasteiger charge is -2.11. The van der Waals surface area contributed by atoms with Crippen molar-refractivity contribution in [2.75, 3.05) is 24.2 Å². The van der Waals surface area contributed by atoms with E-state index in [1.807, 2.05) is 37.3 Å². The van der Waals surface area contributed by atoms with Crippen molar-refractivity contribution >= 4 is 40.0 Å². The van der Waals surface area contributed by atoms with Gasteiger partial charge < -0.3 is 21.3 Å². The number of unbranched alkanes of at least 4 members (excludes halogenated alkanes) is 1. The molecule has 2 aromatic carbocycles. The zero-order chi connectivity index (χ0) is 26.0. The number of anilines is 4. The first-order chi connectivity index (χ1) is 18.0. The Morgan fingerprint density at radius 2 is 1.92 bits per heavy atom. The van der Waals surface area contributed by atoms with Crippen LogP contribution in [0.5, 0.6) is 0 Å². The minimum absolute atomic E-state index is 0.0395. The second-order valence-electron chi connectivity index (χ2n) is 8.33. The highest BCUT2D eigenvalue weighted by Crippen LogP contribution is 2.24. The van der Waals surface area contributed by atoms with E-state index in [1.165, 1.54) is 12.1 Å². The zero-order valence-corrected chi connectivity index (χ0v) is 20.7. The van der Waals surface area contributed by atoms with Gasteiger partial charge >= 0.3 is 0 Å². The first kappa shape index (κ1) is 25.5. The minimum Gasteiger partial charge on any atom is -0.355 e. The number of likely N-dealkylation sites (N-methyl/N-ethyl adjacent to an activating group) is 1. The van der Waals surface area contributed by atoms with Crippen molar-refractivity contribution in [1.82, 2.24) is 25.6 Å². The predicted octanol–water partition coefficient (Wildman–Crippen LogP) is 4.51. The summed E-state index contributed by atoms with van der Waals surface area (Å²) >= 11 is 0. The molecule has 0 fully saturated rings. The van der Waals surface area contributed by atoms with E-state index < -0.39 is 0 Å². The molecule has 0 aliphatic heterocycles. The summed E-state index contributed by atoms with van der Waals surface area (Å²) < 4.78 is 13.6. The average molecular weight is 498 g/mol. The molecule has 188 valence electrons. The van der Waals surface area contributed by atoms with Gasteiger partial charge in [-0.2, -0.15) is 4.98 Å². The maximum atomic E-state index is 13.6. The van der Waals surface area contributed by atoms with Gasteiger partial charge in [0.2, 0.25) is 11.9 Å². The lowest BCUT2D eigenvalue weighted by atomic mass is 10.2. The van der Waals surface area contributed by atoms with Gasteiger partial charge in [0, 0.05) is 35.9 Å². The molecule has 1 amide bonds. The van der Waals surface area contributed by atoms with E-state index in [2.05, 4.69) is 48.1 Å². The fraction of sp³-hybridized carbons (Fsp3) is 0.214. The normalized spacial score (nSPS) is 11.3. The van der Waals surface area contributed by atoms with Crippen molar-refractivity contribution in [3.63, 3.8) is 0 Å². The van der Waals surface area contributed by atoms with E-state index in [4.69, 9.17) is 0 Å². The minimum atomic E-state index is -0.354. The predicted molar refractivity (Wildman–Crippen MR) is 144 cm³/mol. The van der Waals surface area contributed by atoms with Gasteiger partial charge in [0.1, 0.15) is 5.82 Å². The molecular formula is C28H28FN7O. The topological polar surface area (TPSA) is 104 Å². The number of benzene rings is 2. The molecule has 4 N–H and O–H groups in total. The van der Waals surface area contributed by atoms with E-state index in [1.54, 1.807) is 31.6 Å². The maximum absolute atomic E-state index is 13.6. The van der Waals surface area contributed by atoms with Gasteiger partial charge in [-0.25, -0.2) is 9.37 Å². The van der Waals surface area contributed by atoms with Gasteiger partial charge in [-0.3, -0.25) is 9.78 Å². The highest BCUT2D eigenvalue weighted by atomic mass is 19.1. The molecule has 9 heteroatoms. The first-order valence-electron chi connectivity index (χ1n) is 12.0. The molecule has 0 spiro atoms.